The highest BCUT2D eigenvalue weighted by Crippen LogP contribution is 2.16. The van der Waals surface area contributed by atoms with Crippen molar-refractivity contribution in [2.24, 2.45) is 5.92 Å². The zero-order valence-corrected chi connectivity index (χ0v) is 9.43. The van der Waals surface area contributed by atoms with Gasteiger partial charge in [0.2, 0.25) is 0 Å². The molecule has 80 valence electrons. The van der Waals surface area contributed by atoms with Gasteiger partial charge in [0.25, 0.3) is 0 Å². The molecule has 0 unspecified atom stereocenters. The van der Waals surface area contributed by atoms with Gasteiger partial charge in [0, 0.05) is 17.0 Å². The van der Waals surface area contributed by atoms with E-state index in [0.29, 0.717) is 5.92 Å². The molecular weight excluding hydrogens is 204 g/mol. The van der Waals surface area contributed by atoms with Crippen molar-refractivity contribution in [2.45, 2.75) is 0 Å². The number of terminal acetylenes is 2. The van der Waals surface area contributed by atoms with Crippen LogP contribution < -0.4 is 0 Å². The SMILES string of the molecule is C#Cc1ccc(C#C)c(/C=C/C2C=CC=C2)c1. The minimum Gasteiger partial charge on any atom is -0.115 e. The van der Waals surface area contributed by atoms with Gasteiger partial charge in [-0.25, -0.2) is 0 Å². The van der Waals surface area contributed by atoms with Gasteiger partial charge >= 0.3 is 0 Å². The molecule has 0 atom stereocenters. The molecule has 0 aromatic heterocycles. The molecule has 0 saturated heterocycles. The second-order valence-corrected chi connectivity index (χ2v) is 3.80. The number of benzene rings is 1. The molecular formula is C17H12. The van der Waals surface area contributed by atoms with E-state index in [1.807, 2.05) is 36.4 Å². The number of hydrogen-bond acceptors (Lipinski definition) is 0. The first-order valence-corrected chi connectivity index (χ1v) is 5.44. The first-order chi connectivity index (χ1) is 8.33. The molecule has 0 radical (unpaired) electrons. The number of rotatable bonds is 2. The molecule has 0 bridgehead atoms. The van der Waals surface area contributed by atoms with E-state index in [1.165, 1.54) is 0 Å². The van der Waals surface area contributed by atoms with Crippen LogP contribution in [0, 0.1) is 30.6 Å². The summed E-state index contributed by atoms with van der Waals surface area (Å²) < 4.78 is 0. The Morgan fingerprint density at radius 2 is 1.82 bits per heavy atom. The summed E-state index contributed by atoms with van der Waals surface area (Å²) >= 11 is 0. The van der Waals surface area contributed by atoms with E-state index in [9.17, 15) is 0 Å². The van der Waals surface area contributed by atoms with E-state index in [-0.39, 0.29) is 0 Å². The lowest BCUT2D eigenvalue weighted by atomic mass is 10.0. The van der Waals surface area contributed by atoms with E-state index in [2.05, 4.69) is 30.1 Å². The molecule has 17 heavy (non-hydrogen) atoms. The van der Waals surface area contributed by atoms with Crippen molar-refractivity contribution in [3.8, 4) is 24.7 Å². The maximum absolute atomic E-state index is 5.46. The third-order valence-electron chi connectivity index (χ3n) is 2.65. The first-order valence-electron chi connectivity index (χ1n) is 5.44. The Bertz CT molecular complexity index is 571. The second-order valence-electron chi connectivity index (χ2n) is 3.80. The molecule has 1 aliphatic carbocycles. The maximum atomic E-state index is 5.46. The zero-order chi connectivity index (χ0) is 12.1. The van der Waals surface area contributed by atoms with E-state index >= 15 is 0 Å². The summed E-state index contributed by atoms with van der Waals surface area (Å²) in [5, 5.41) is 0. The van der Waals surface area contributed by atoms with Crippen molar-refractivity contribution < 1.29 is 0 Å². The summed E-state index contributed by atoms with van der Waals surface area (Å²) in [6.07, 6.45) is 23.3. The summed E-state index contributed by atoms with van der Waals surface area (Å²) in [6, 6.07) is 5.69. The predicted molar refractivity (Wildman–Crippen MR) is 73.1 cm³/mol. The molecule has 0 saturated carbocycles. The summed E-state index contributed by atoms with van der Waals surface area (Å²) in [6.45, 7) is 0. The lowest BCUT2D eigenvalue weighted by Crippen LogP contribution is -1.86. The summed E-state index contributed by atoms with van der Waals surface area (Å²) in [5.41, 5.74) is 2.71. The summed E-state index contributed by atoms with van der Waals surface area (Å²) in [5.74, 6) is 5.64. The number of hydrogen-bond donors (Lipinski definition) is 0. The molecule has 2 rings (SSSR count). The van der Waals surface area contributed by atoms with Crippen molar-refractivity contribution in [3.63, 3.8) is 0 Å². The monoisotopic (exact) mass is 216 g/mol. The van der Waals surface area contributed by atoms with Gasteiger partial charge in [0.1, 0.15) is 0 Å². The van der Waals surface area contributed by atoms with Crippen LogP contribution in [0.25, 0.3) is 6.08 Å². The standard InChI is InChI=1S/C17H12/c1-3-14-9-11-16(4-2)17(13-14)12-10-15-7-5-6-8-15/h1-2,5-13,15H/b12-10+. The fraction of sp³-hybridized carbons (Fsp3) is 0.0588. The highest BCUT2D eigenvalue weighted by molar-refractivity contribution is 5.62. The molecule has 1 aromatic rings. The van der Waals surface area contributed by atoms with Gasteiger partial charge in [-0.15, -0.1) is 12.8 Å². The molecule has 0 spiro atoms. The lowest BCUT2D eigenvalue weighted by molar-refractivity contribution is 1.10. The molecule has 0 fully saturated rings. The molecule has 0 heterocycles. The highest BCUT2D eigenvalue weighted by atomic mass is 14.0. The molecule has 0 nitrogen and oxygen atoms in total. The van der Waals surface area contributed by atoms with Crippen LogP contribution in [0.1, 0.15) is 16.7 Å². The van der Waals surface area contributed by atoms with Crippen LogP contribution >= 0.6 is 0 Å². The van der Waals surface area contributed by atoms with E-state index in [0.717, 1.165) is 16.7 Å². The summed E-state index contributed by atoms with van der Waals surface area (Å²) in [4.78, 5) is 0. The van der Waals surface area contributed by atoms with Crippen LogP contribution in [-0.4, -0.2) is 0 Å². The van der Waals surface area contributed by atoms with E-state index in [4.69, 9.17) is 12.8 Å². The van der Waals surface area contributed by atoms with Crippen molar-refractivity contribution >= 4 is 6.08 Å². The maximum Gasteiger partial charge on any atom is 0.0315 e. The zero-order valence-electron chi connectivity index (χ0n) is 9.43. The Kier molecular flexibility index (Phi) is 3.29. The highest BCUT2D eigenvalue weighted by Gasteiger charge is 2.01. The Morgan fingerprint density at radius 3 is 2.47 bits per heavy atom. The second kappa shape index (κ2) is 5.06. The van der Waals surface area contributed by atoms with E-state index in [1.54, 1.807) is 0 Å². The molecule has 0 N–H and O–H groups in total. The predicted octanol–water partition coefficient (Wildman–Crippen LogP) is 3.40. The third-order valence-corrected chi connectivity index (χ3v) is 2.65. The lowest BCUT2D eigenvalue weighted by Gasteiger charge is -2.01. The van der Waals surface area contributed by atoms with Crippen molar-refractivity contribution in [3.05, 3.63) is 65.3 Å². The Labute approximate surface area is 102 Å². The van der Waals surface area contributed by atoms with Gasteiger partial charge < -0.3 is 0 Å². The topological polar surface area (TPSA) is 0 Å². The first kappa shape index (κ1) is 11.1. The smallest absolute Gasteiger partial charge is 0.0315 e. The Morgan fingerprint density at radius 1 is 1.06 bits per heavy atom. The van der Waals surface area contributed by atoms with Crippen LogP contribution in [0.4, 0.5) is 0 Å². The fourth-order valence-electron chi connectivity index (χ4n) is 1.71. The fourth-order valence-corrected chi connectivity index (χ4v) is 1.71. The third kappa shape index (κ3) is 2.57. The molecule has 0 amide bonds. The number of allylic oxidation sites excluding steroid dienone is 5. The van der Waals surface area contributed by atoms with Crippen LogP contribution in [0.3, 0.4) is 0 Å². The van der Waals surface area contributed by atoms with Gasteiger partial charge in [0.15, 0.2) is 0 Å². The Balaban J connectivity index is 2.31. The van der Waals surface area contributed by atoms with Crippen LogP contribution in [-0.2, 0) is 0 Å². The van der Waals surface area contributed by atoms with Crippen LogP contribution in [0.2, 0.25) is 0 Å². The molecule has 1 aromatic carbocycles. The Hall–Kier alpha value is -2.44. The minimum absolute atomic E-state index is 0.357. The average molecular weight is 216 g/mol. The largest absolute Gasteiger partial charge is 0.115 e. The van der Waals surface area contributed by atoms with Crippen molar-refractivity contribution in [2.75, 3.05) is 0 Å². The normalized spacial score (nSPS) is 14.0. The van der Waals surface area contributed by atoms with E-state index < -0.39 is 0 Å². The van der Waals surface area contributed by atoms with Crippen molar-refractivity contribution in [1.82, 2.24) is 0 Å². The van der Waals surface area contributed by atoms with Gasteiger partial charge in [0.05, 0.1) is 0 Å². The molecule has 0 aliphatic heterocycles. The molecule has 1 aliphatic rings. The van der Waals surface area contributed by atoms with Crippen LogP contribution in [0.15, 0.2) is 48.6 Å². The average Bonchev–Trinajstić information content (AvgIpc) is 2.89. The summed E-state index contributed by atoms with van der Waals surface area (Å²) in [7, 11) is 0. The van der Waals surface area contributed by atoms with Crippen molar-refractivity contribution in [1.29, 1.82) is 0 Å². The molecule has 0 heteroatoms. The quantitative estimate of drug-likeness (QED) is 0.665. The minimum atomic E-state index is 0.357. The van der Waals surface area contributed by atoms with Gasteiger partial charge in [-0.2, -0.15) is 0 Å². The van der Waals surface area contributed by atoms with Gasteiger partial charge in [-0.3, -0.25) is 0 Å². The van der Waals surface area contributed by atoms with Gasteiger partial charge in [-0.1, -0.05) is 48.3 Å². The van der Waals surface area contributed by atoms with Crippen LogP contribution in [0.5, 0.6) is 0 Å². The van der Waals surface area contributed by atoms with Gasteiger partial charge in [-0.05, 0) is 23.8 Å².